The topological polar surface area (TPSA) is 105 Å². The van der Waals surface area contributed by atoms with Crippen LogP contribution in [0.3, 0.4) is 0 Å². The van der Waals surface area contributed by atoms with Gasteiger partial charge in [0.25, 0.3) is 5.91 Å². The fraction of sp³-hybridized carbons (Fsp3) is 0.250. The van der Waals surface area contributed by atoms with Gasteiger partial charge >= 0.3 is 12.0 Å². The highest BCUT2D eigenvalue weighted by molar-refractivity contribution is 6.31. The molecule has 0 aromatic heterocycles. The normalized spacial score (nSPS) is 9.70. The van der Waals surface area contributed by atoms with Gasteiger partial charge in [0.1, 0.15) is 11.3 Å². The van der Waals surface area contributed by atoms with Crippen molar-refractivity contribution < 1.29 is 24.2 Å². The summed E-state index contributed by atoms with van der Waals surface area (Å²) in [6.07, 6.45) is 0. The van der Waals surface area contributed by atoms with E-state index in [1.165, 1.54) is 18.2 Å². The quantitative estimate of drug-likeness (QED) is 0.721. The van der Waals surface area contributed by atoms with Crippen molar-refractivity contribution in [2.45, 2.75) is 6.92 Å². The summed E-state index contributed by atoms with van der Waals surface area (Å²) in [6.45, 7) is 1.39. The maximum absolute atomic E-state index is 11.6. The highest BCUT2D eigenvalue weighted by Gasteiger charge is 2.15. The van der Waals surface area contributed by atoms with Crippen molar-refractivity contribution in [3.05, 3.63) is 28.8 Å². The first kappa shape index (κ1) is 15.8. The lowest BCUT2D eigenvalue weighted by molar-refractivity contribution is -0.123. The minimum absolute atomic E-state index is 0.164. The molecule has 0 fully saturated rings. The van der Waals surface area contributed by atoms with Crippen LogP contribution in [-0.2, 0) is 9.53 Å². The molecule has 0 aliphatic rings. The van der Waals surface area contributed by atoms with Gasteiger partial charge in [0.15, 0.2) is 6.61 Å². The number of amides is 3. The smallest absolute Gasteiger partial charge is 0.342 e. The molecule has 7 nitrogen and oxygen atoms in total. The number of aromatic hydroxyl groups is 1. The number of hydrogen-bond acceptors (Lipinski definition) is 5. The summed E-state index contributed by atoms with van der Waals surface area (Å²) in [4.78, 5) is 33.9. The molecule has 0 bridgehead atoms. The molecule has 0 saturated heterocycles. The van der Waals surface area contributed by atoms with Crippen molar-refractivity contribution in [1.29, 1.82) is 0 Å². The molecule has 0 saturated carbocycles. The Morgan fingerprint density at radius 1 is 1.35 bits per heavy atom. The number of carbonyl (C=O) groups is 3. The Kier molecular flexibility index (Phi) is 5.79. The molecule has 0 unspecified atom stereocenters. The molecule has 0 heterocycles. The van der Waals surface area contributed by atoms with Gasteiger partial charge in [0.05, 0.1) is 0 Å². The van der Waals surface area contributed by atoms with Gasteiger partial charge in [-0.15, -0.1) is 0 Å². The van der Waals surface area contributed by atoms with Crippen molar-refractivity contribution >= 4 is 29.5 Å². The number of phenols is 1. The fourth-order valence-electron chi connectivity index (χ4n) is 1.25. The van der Waals surface area contributed by atoms with Gasteiger partial charge in [-0.1, -0.05) is 11.6 Å². The predicted octanol–water partition coefficient (Wildman–Crippen LogP) is 1.05. The number of ether oxygens (including phenoxy) is 1. The Balaban J connectivity index is 2.53. The average Bonchev–Trinajstić information content (AvgIpc) is 2.39. The molecule has 8 heteroatoms. The first-order valence-corrected chi connectivity index (χ1v) is 6.05. The molecule has 3 amide bonds. The van der Waals surface area contributed by atoms with E-state index < -0.39 is 24.5 Å². The van der Waals surface area contributed by atoms with E-state index in [1.807, 2.05) is 5.32 Å². The number of phenolic OH excluding ortho intramolecular Hbond substituents is 1. The molecular weight excluding hydrogens is 288 g/mol. The Bertz CT molecular complexity index is 533. The van der Waals surface area contributed by atoms with Crippen LogP contribution < -0.4 is 10.6 Å². The van der Waals surface area contributed by atoms with Crippen molar-refractivity contribution in [1.82, 2.24) is 10.6 Å². The SMILES string of the molecule is CCNC(=O)NC(=O)COC(=O)c1cc(Cl)ccc1O. The molecule has 0 atom stereocenters. The largest absolute Gasteiger partial charge is 0.507 e. The Morgan fingerprint density at radius 2 is 2.05 bits per heavy atom. The third-order valence-electron chi connectivity index (χ3n) is 2.10. The fourth-order valence-corrected chi connectivity index (χ4v) is 1.42. The third-order valence-corrected chi connectivity index (χ3v) is 2.34. The maximum atomic E-state index is 11.6. The molecule has 0 aliphatic carbocycles. The Labute approximate surface area is 119 Å². The Hall–Kier alpha value is -2.28. The van der Waals surface area contributed by atoms with Gasteiger partial charge in [0, 0.05) is 11.6 Å². The van der Waals surface area contributed by atoms with Crippen molar-refractivity contribution in [3.63, 3.8) is 0 Å². The number of benzene rings is 1. The van der Waals surface area contributed by atoms with E-state index >= 15 is 0 Å². The lowest BCUT2D eigenvalue weighted by Crippen LogP contribution is -2.41. The zero-order chi connectivity index (χ0) is 15.1. The number of imide groups is 1. The molecule has 1 rings (SSSR count). The van der Waals surface area contributed by atoms with Crippen molar-refractivity contribution in [3.8, 4) is 5.75 Å². The number of hydrogen-bond donors (Lipinski definition) is 3. The van der Waals surface area contributed by atoms with Crippen LogP contribution in [0.1, 0.15) is 17.3 Å². The van der Waals surface area contributed by atoms with Gasteiger partial charge in [-0.2, -0.15) is 0 Å². The van der Waals surface area contributed by atoms with Crippen molar-refractivity contribution in [2.24, 2.45) is 0 Å². The molecule has 1 aromatic rings. The predicted molar refractivity (Wildman–Crippen MR) is 70.6 cm³/mol. The van der Waals surface area contributed by atoms with E-state index in [-0.39, 0.29) is 16.3 Å². The summed E-state index contributed by atoms with van der Waals surface area (Å²) in [5.74, 6) is -2.02. The minimum Gasteiger partial charge on any atom is -0.507 e. The van der Waals surface area contributed by atoms with Crippen LogP contribution in [0.5, 0.6) is 5.75 Å². The second-order valence-corrected chi connectivity index (χ2v) is 4.08. The number of rotatable bonds is 4. The van der Waals surface area contributed by atoms with Gasteiger partial charge in [0.2, 0.25) is 0 Å². The highest BCUT2D eigenvalue weighted by Crippen LogP contribution is 2.22. The lowest BCUT2D eigenvalue weighted by atomic mass is 10.2. The van der Waals surface area contributed by atoms with E-state index in [0.717, 1.165) is 0 Å². The zero-order valence-corrected chi connectivity index (χ0v) is 11.4. The molecule has 0 aliphatic heterocycles. The summed E-state index contributed by atoms with van der Waals surface area (Å²) < 4.78 is 4.66. The third kappa shape index (κ3) is 4.77. The molecular formula is C12H13ClN2O5. The lowest BCUT2D eigenvalue weighted by Gasteiger charge is -2.07. The summed E-state index contributed by atoms with van der Waals surface area (Å²) >= 11 is 5.68. The molecule has 20 heavy (non-hydrogen) atoms. The van der Waals surface area contributed by atoms with E-state index in [0.29, 0.717) is 6.54 Å². The monoisotopic (exact) mass is 300 g/mol. The second kappa shape index (κ2) is 7.34. The summed E-state index contributed by atoms with van der Waals surface area (Å²) in [6, 6.07) is 3.16. The van der Waals surface area contributed by atoms with E-state index in [2.05, 4.69) is 10.1 Å². The molecule has 1 aromatic carbocycles. The molecule has 0 radical (unpaired) electrons. The highest BCUT2D eigenvalue weighted by atomic mass is 35.5. The maximum Gasteiger partial charge on any atom is 0.342 e. The van der Waals surface area contributed by atoms with Crippen LogP contribution in [-0.4, -0.2) is 36.2 Å². The van der Waals surface area contributed by atoms with E-state index in [1.54, 1.807) is 6.92 Å². The number of esters is 1. The molecule has 3 N–H and O–H groups in total. The van der Waals surface area contributed by atoms with E-state index in [9.17, 15) is 19.5 Å². The van der Waals surface area contributed by atoms with Crippen LogP contribution in [0.2, 0.25) is 5.02 Å². The van der Waals surface area contributed by atoms with Crippen molar-refractivity contribution in [2.75, 3.05) is 13.2 Å². The molecule has 108 valence electrons. The van der Waals surface area contributed by atoms with Gasteiger partial charge in [-0.05, 0) is 25.1 Å². The van der Waals surface area contributed by atoms with Crippen LogP contribution in [0.4, 0.5) is 4.79 Å². The average molecular weight is 301 g/mol. The first-order valence-electron chi connectivity index (χ1n) is 5.67. The summed E-state index contributed by atoms with van der Waals surface area (Å²) in [5, 5.41) is 14.0. The number of halogens is 1. The molecule has 0 spiro atoms. The summed E-state index contributed by atoms with van der Waals surface area (Å²) in [7, 11) is 0. The van der Waals surface area contributed by atoms with Gasteiger partial charge in [-0.3, -0.25) is 10.1 Å². The summed E-state index contributed by atoms with van der Waals surface area (Å²) in [5.41, 5.74) is -0.164. The minimum atomic E-state index is -0.920. The van der Waals surface area contributed by atoms with E-state index in [4.69, 9.17) is 11.6 Å². The van der Waals surface area contributed by atoms with Crippen LogP contribution in [0.25, 0.3) is 0 Å². The van der Waals surface area contributed by atoms with Crippen LogP contribution >= 0.6 is 11.6 Å². The number of urea groups is 1. The zero-order valence-electron chi connectivity index (χ0n) is 10.6. The standard InChI is InChI=1S/C12H13ClN2O5/c1-2-14-12(19)15-10(17)6-20-11(18)8-5-7(13)3-4-9(8)16/h3-5,16H,2,6H2,1H3,(H2,14,15,17,19). The Morgan fingerprint density at radius 3 is 2.70 bits per heavy atom. The van der Waals surface area contributed by atoms with Gasteiger partial charge < -0.3 is 15.2 Å². The van der Waals surface area contributed by atoms with Gasteiger partial charge in [-0.25, -0.2) is 9.59 Å². The van der Waals surface area contributed by atoms with Crippen LogP contribution in [0.15, 0.2) is 18.2 Å². The first-order chi connectivity index (χ1) is 9.43. The number of carbonyl (C=O) groups excluding carboxylic acids is 3. The number of nitrogens with one attached hydrogen (secondary N) is 2. The second-order valence-electron chi connectivity index (χ2n) is 3.65. The van der Waals surface area contributed by atoms with Crippen LogP contribution in [0, 0.1) is 0 Å².